The molecule has 3 aliphatic heterocycles. The van der Waals surface area contributed by atoms with E-state index in [1.165, 1.54) is 24.7 Å². The third kappa shape index (κ3) is 26.3. The minimum atomic E-state index is -3.18. The van der Waals surface area contributed by atoms with E-state index in [9.17, 15) is 67.7 Å². The van der Waals surface area contributed by atoms with Crippen LogP contribution >= 0.6 is 0 Å². The summed E-state index contributed by atoms with van der Waals surface area (Å²) in [5.41, 5.74) is 10.9. The minimum Gasteiger partial charge on any atom is -0.494 e. The molecule has 0 bridgehead atoms. The molecule has 1 aromatic heterocycles. The van der Waals surface area contributed by atoms with Gasteiger partial charge < -0.3 is 40.5 Å². The van der Waals surface area contributed by atoms with E-state index >= 15 is 0 Å². The normalized spacial score (nSPS) is 17.9. The Hall–Kier alpha value is -8.83. The highest BCUT2D eigenvalue weighted by atomic mass is 19.3. The number of likely N-dealkylation sites (tertiary alicyclic amines) is 1. The van der Waals surface area contributed by atoms with Crippen molar-refractivity contribution in [2.45, 2.75) is 76.3 Å². The summed E-state index contributed by atoms with van der Waals surface area (Å²) in [7, 11) is 0. The van der Waals surface area contributed by atoms with Gasteiger partial charge in [0.25, 0.3) is 11.8 Å². The van der Waals surface area contributed by atoms with Crippen LogP contribution in [0.5, 0.6) is 5.75 Å². The Morgan fingerprint density at radius 3 is 1.96 bits per heavy atom. The molecule has 0 radical (unpaired) electrons. The van der Waals surface area contributed by atoms with Crippen LogP contribution in [-0.2, 0) is 33.6 Å². The molecule has 6 rings (SSSR count). The topological polar surface area (TPSA) is 363 Å². The van der Waals surface area contributed by atoms with Gasteiger partial charge in [0.2, 0.25) is 23.6 Å². The first-order chi connectivity index (χ1) is 43.7. The molecular formula is C60H83F2N17O12. The highest BCUT2D eigenvalue weighted by Gasteiger charge is 2.47. The van der Waals surface area contributed by atoms with Gasteiger partial charge in [-0.25, -0.2) is 14.2 Å². The van der Waals surface area contributed by atoms with Crippen LogP contribution in [0.15, 0.2) is 70.0 Å². The Morgan fingerprint density at radius 1 is 0.725 bits per heavy atom. The average molecular weight is 1270 g/mol. The van der Waals surface area contributed by atoms with Crippen LogP contribution in [0.4, 0.5) is 8.78 Å². The highest BCUT2D eigenvalue weighted by Crippen LogP contribution is 2.32. The number of carboxylic acid groups (broad SMARTS) is 3. The molecular weight excluding hydrogens is 1190 g/mol. The molecule has 0 saturated carbocycles. The summed E-state index contributed by atoms with van der Waals surface area (Å²) in [6, 6.07) is 14.1. The number of unbranched alkanes of at least 4 members (excludes halogenated alkanes) is 2. The molecule has 91 heavy (non-hydrogen) atoms. The molecule has 2 atom stereocenters. The third-order valence-electron chi connectivity index (χ3n) is 15.2. The molecule has 31 heteroatoms. The van der Waals surface area contributed by atoms with E-state index in [2.05, 4.69) is 52.1 Å². The van der Waals surface area contributed by atoms with Crippen LogP contribution in [0.2, 0.25) is 0 Å². The SMILES string of the molecule is Cc1ccc(/C=N/NCN/N=C/CC(/C=N\NC(=O)CCCCCC(=O)N2CCN(CCCOc3ccc4nccc(C(=O)NCC(=O)N5CC(F)(F)C[C@@H]5C#N)c4c3)CC2)NC(=O)CN2CCN(CC(=O)O)CCN(CC(=O)O)CCN(CC(=O)O)CC2)cc1. The first kappa shape index (κ1) is 71.2. The lowest BCUT2D eigenvalue weighted by molar-refractivity contribution is -0.140. The Balaban J connectivity index is 0.909. The quantitative estimate of drug-likeness (QED) is 0.0183. The van der Waals surface area contributed by atoms with Crippen molar-refractivity contribution in [2.24, 2.45) is 15.3 Å². The van der Waals surface area contributed by atoms with Gasteiger partial charge in [0.05, 0.1) is 75.3 Å². The van der Waals surface area contributed by atoms with Crippen molar-refractivity contribution in [3.63, 3.8) is 0 Å². The first-order valence-electron chi connectivity index (χ1n) is 30.3. The number of carbonyl (C=O) groups excluding carboxylic acids is 5. The molecule has 1 unspecified atom stereocenters. The number of ether oxygens (including phenoxy) is 1. The summed E-state index contributed by atoms with van der Waals surface area (Å²) < 4.78 is 33.8. The number of hydrogen-bond acceptors (Lipinski definition) is 21. The van der Waals surface area contributed by atoms with Gasteiger partial charge >= 0.3 is 17.9 Å². The maximum Gasteiger partial charge on any atom is 0.317 e. The number of amides is 5. The number of alkyl halides is 2. The number of hydrogen-bond donors (Lipinski definition) is 8. The lowest BCUT2D eigenvalue weighted by Gasteiger charge is -2.34. The predicted molar refractivity (Wildman–Crippen MR) is 331 cm³/mol. The van der Waals surface area contributed by atoms with E-state index in [4.69, 9.17) is 4.74 Å². The van der Waals surface area contributed by atoms with Crippen molar-refractivity contribution in [3.8, 4) is 11.8 Å². The number of aliphatic carboxylic acids is 3. The summed E-state index contributed by atoms with van der Waals surface area (Å²) in [6.07, 6.45) is 8.27. The second-order valence-corrected chi connectivity index (χ2v) is 22.4. The van der Waals surface area contributed by atoms with Gasteiger partial charge in [-0.1, -0.05) is 36.2 Å². The average Bonchev–Trinajstić information content (AvgIpc) is 2.14. The van der Waals surface area contributed by atoms with Crippen LogP contribution in [0.1, 0.15) is 72.9 Å². The number of halogens is 2. The van der Waals surface area contributed by atoms with Crippen LogP contribution < -0.4 is 31.6 Å². The molecule has 8 N–H and O–H groups in total. The fourth-order valence-corrected chi connectivity index (χ4v) is 10.3. The number of aryl methyl sites for hydroxylation is 1. The molecule has 5 amide bonds. The fraction of sp³-hybridized carbons (Fsp3) is 0.550. The Labute approximate surface area is 526 Å². The number of nitriles is 1. The smallest absolute Gasteiger partial charge is 0.317 e. The fourth-order valence-electron chi connectivity index (χ4n) is 10.3. The number of aromatic nitrogens is 1. The van der Waals surface area contributed by atoms with Gasteiger partial charge in [0.15, 0.2) is 0 Å². The second-order valence-electron chi connectivity index (χ2n) is 22.4. The van der Waals surface area contributed by atoms with E-state index < -0.39 is 73.1 Å². The predicted octanol–water partition coefficient (Wildman–Crippen LogP) is 0.505. The zero-order chi connectivity index (χ0) is 65.5. The van der Waals surface area contributed by atoms with Crippen molar-refractivity contribution in [2.75, 3.05) is 138 Å². The number of nitrogens with zero attached hydrogens (tertiary/aromatic N) is 12. The molecule has 3 saturated heterocycles. The molecule has 3 aromatic rings. The number of carboxylic acids is 3. The van der Waals surface area contributed by atoms with Gasteiger partial charge in [-0.2, -0.15) is 20.6 Å². The van der Waals surface area contributed by atoms with Crippen molar-refractivity contribution in [1.29, 1.82) is 5.26 Å². The summed E-state index contributed by atoms with van der Waals surface area (Å²) in [4.78, 5) is 117. The van der Waals surface area contributed by atoms with E-state index in [0.29, 0.717) is 81.5 Å². The van der Waals surface area contributed by atoms with Crippen molar-refractivity contribution in [1.82, 2.24) is 66.2 Å². The number of fused-ring (bicyclic) bond motifs is 1. The molecule has 494 valence electrons. The van der Waals surface area contributed by atoms with Gasteiger partial charge in [-0.05, 0) is 56.0 Å². The van der Waals surface area contributed by atoms with Gasteiger partial charge in [-0.3, -0.25) is 78.7 Å². The van der Waals surface area contributed by atoms with E-state index in [1.54, 1.807) is 50.1 Å². The van der Waals surface area contributed by atoms with Crippen LogP contribution in [0.25, 0.3) is 10.9 Å². The molecule has 0 spiro atoms. The molecule has 3 aliphatic rings. The van der Waals surface area contributed by atoms with Crippen LogP contribution in [0.3, 0.4) is 0 Å². The van der Waals surface area contributed by atoms with E-state index in [1.807, 2.05) is 36.1 Å². The van der Waals surface area contributed by atoms with Gasteiger partial charge in [0.1, 0.15) is 18.5 Å². The lowest BCUT2D eigenvalue weighted by Crippen LogP contribution is -2.50. The van der Waals surface area contributed by atoms with Crippen molar-refractivity contribution < 1.29 is 67.2 Å². The number of pyridine rings is 1. The van der Waals surface area contributed by atoms with Crippen molar-refractivity contribution in [3.05, 3.63) is 71.4 Å². The summed E-state index contributed by atoms with van der Waals surface area (Å²) in [5.74, 6) is -8.05. The molecule has 0 aliphatic carbocycles. The second kappa shape index (κ2) is 37.4. The minimum absolute atomic E-state index is 0.0376. The number of hydrazone groups is 3. The summed E-state index contributed by atoms with van der Waals surface area (Å²) >= 11 is 0. The maximum absolute atomic E-state index is 13.9. The summed E-state index contributed by atoms with van der Waals surface area (Å²) in [5, 5.41) is 56.4. The number of benzene rings is 2. The Bertz CT molecular complexity index is 3020. The van der Waals surface area contributed by atoms with Crippen LogP contribution in [0, 0.1) is 18.3 Å². The Kier molecular flexibility index (Phi) is 29.3. The van der Waals surface area contributed by atoms with E-state index in [-0.39, 0.29) is 115 Å². The maximum atomic E-state index is 13.9. The number of carbonyl (C=O) groups is 8. The van der Waals surface area contributed by atoms with Gasteiger partial charge in [0, 0.05) is 135 Å². The molecule has 29 nitrogen and oxygen atoms in total. The zero-order valence-corrected chi connectivity index (χ0v) is 51.2. The molecule has 4 heterocycles. The summed E-state index contributed by atoms with van der Waals surface area (Å²) in [6.45, 7) is 5.05. The van der Waals surface area contributed by atoms with E-state index in [0.717, 1.165) is 22.6 Å². The number of nitrogens with one attached hydrogen (secondary N) is 5. The van der Waals surface area contributed by atoms with Crippen molar-refractivity contribution >= 4 is 77.0 Å². The first-order valence-corrected chi connectivity index (χ1v) is 30.3. The van der Waals surface area contributed by atoms with Crippen LogP contribution in [-0.4, -0.2) is 276 Å². The number of rotatable bonds is 32. The number of piperazine rings is 1. The molecule has 3 fully saturated rings. The Morgan fingerprint density at radius 2 is 1.33 bits per heavy atom. The molecule has 2 aromatic carbocycles. The lowest BCUT2D eigenvalue weighted by atomic mass is 10.1. The monoisotopic (exact) mass is 1270 g/mol. The van der Waals surface area contributed by atoms with Gasteiger partial charge in [-0.15, -0.1) is 0 Å². The largest absolute Gasteiger partial charge is 0.494 e. The standard InChI is InChI=1S/C60H83F2N17O12/c1-44-8-10-45(11-9-44)35-67-70-43-69-66-17-14-46(71-53(81)38-74-19-21-75(39-56(84)85)23-25-77(41-58(88)89)26-24-76(22-20-74)40-57(86)87)36-68-72-52(80)6-3-2-4-7-54(82)78-29-27-73(28-30-78)18-5-31-91-48-12-13-51-50(32-48)49(15-16-64-51)59(90)65-37-55(83)79-42-60(61,62)33-47(79)34-63/h8-13,15-17,32,35-36,46-47,69-70H,2-7,14,18-31,33,37-43H2,1H3,(H,65,90)(H,71,81)(H,72,80)(H,84,85)(H,86,87)(H,88,89)/b66-17+,67-35+,68-36-/t46?,47-/m1/s1. The highest BCUT2D eigenvalue weighted by molar-refractivity contribution is 6.07. The zero-order valence-electron chi connectivity index (χ0n) is 51.2. The third-order valence-corrected chi connectivity index (χ3v) is 15.2.